The zero-order valence-corrected chi connectivity index (χ0v) is 11.1. The summed E-state index contributed by atoms with van der Waals surface area (Å²) in [6.07, 6.45) is 0.815. The Kier molecular flexibility index (Phi) is 4.53. The zero-order valence-electron chi connectivity index (χ0n) is 11.1. The monoisotopic (exact) mass is 277 g/mol. The highest BCUT2D eigenvalue weighted by molar-refractivity contribution is 5.29. The van der Waals surface area contributed by atoms with Gasteiger partial charge in [-0.1, -0.05) is 6.07 Å². The van der Waals surface area contributed by atoms with Crippen molar-refractivity contribution >= 4 is 0 Å². The molecule has 0 saturated heterocycles. The standard InChI is InChI=1S/C15H16FNO3/c1-11(18)13-6-5-12(10-14(13)16)20-9-8-17-7-3-2-4-15(17)19/h2-7,10-11,18H,8-9H2,1H3/t11-/m0/s1. The molecule has 1 aromatic heterocycles. The van der Waals surface area contributed by atoms with E-state index in [9.17, 15) is 14.3 Å². The van der Waals surface area contributed by atoms with Gasteiger partial charge in [0.15, 0.2) is 0 Å². The summed E-state index contributed by atoms with van der Waals surface area (Å²) >= 11 is 0. The molecule has 0 fully saturated rings. The van der Waals surface area contributed by atoms with Crippen LogP contribution in [0.3, 0.4) is 0 Å². The molecule has 1 atom stereocenters. The fourth-order valence-corrected chi connectivity index (χ4v) is 1.84. The molecule has 4 nitrogen and oxygen atoms in total. The van der Waals surface area contributed by atoms with Gasteiger partial charge in [-0.3, -0.25) is 4.79 Å². The predicted octanol–water partition coefficient (Wildman–Crippen LogP) is 2.12. The summed E-state index contributed by atoms with van der Waals surface area (Å²) in [6.45, 7) is 2.15. The second-order valence-corrected chi connectivity index (χ2v) is 4.44. The molecule has 0 aliphatic heterocycles. The van der Waals surface area contributed by atoms with E-state index in [0.717, 1.165) is 0 Å². The highest BCUT2D eigenvalue weighted by Crippen LogP contribution is 2.21. The van der Waals surface area contributed by atoms with Crippen molar-refractivity contribution in [2.24, 2.45) is 0 Å². The summed E-state index contributed by atoms with van der Waals surface area (Å²) in [5, 5.41) is 9.33. The molecule has 106 valence electrons. The van der Waals surface area contributed by atoms with Gasteiger partial charge in [0.1, 0.15) is 18.2 Å². The van der Waals surface area contributed by atoms with Crippen LogP contribution in [0.5, 0.6) is 5.75 Å². The third kappa shape index (κ3) is 3.45. The third-order valence-corrected chi connectivity index (χ3v) is 2.92. The van der Waals surface area contributed by atoms with E-state index in [1.807, 2.05) is 0 Å². The summed E-state index contributed by atoms with van der Waals surface area (Å²) in [4.78, 5) is 11.5. The van der Waals surface area contributed by atoms with Crippen LogP contribution in [0.2, 0.25) is 0 Å². The lowest BCUT2D eigenvalue weighted by Gasteiger charge is -2.10. The van der Waals surface area contributed by atoms with E-state index < -0.39 is 11.9 Å². The van der Waals surface area contributed by atoms with Crippen molar-refractivity contribution in [1.29, 1.82) is 0 Å². The van der Waals surface area contributed by atoms with Gasteiger partial charge < -0.3 is 14.4 Å². The molecular weight excluding hydrogens is 261 g/mol. The molecule has 2 aromatic rings. The van der Waals surface area contributed by atoms with Gasteiger partial charge in [0.05, 0.1) is 12.6 Å². The molecule has 0 aliphatic carbocycles. The normalized spacial score (nSPS) is 12.2. The van der Waals surface area contributed by atoms with Crippen molar-refractivity contribution < 1.29 is 14.2 Å². The number of aliphatic hydroxyl groups is 1. The minimum atomic E-state index is -0.855. The Balaban J connectivity index is 1.97. The van der Waals surface area contributed by atoms with Crippen LogP contribution in [0.1, 0.15) is 18.6 Å². The SMILES string of the molecule is C[C@H](O)c1ccc(OCCn2ccccc2=O)cc1F. The maximum Gasteiger partial charge on any atom is 0.250 e. The zero-order chi connectivity index (χ0) is 14.5. The van der Waals surface area contributed by atoms with Gasteiger partial charge >= 0.3 is 0 Å². The molecule has 5 heteroatoms. The molecule has 0 bridgehead atoms. The van der Waals surface area contributed by atoms with E-state index in [-0.39, 0.29) is 17.7 Å². The van der Waals surface area contributed by atoms with Gasteiger partial charge in [0.2, 0.25) is 0 Å². The van der Waals surface area contributed by atoms with Crippen LogP contribution in [0.25, 0.3) is 0 Å². The predicted molar refractivity (Wildman–Crippen MR) is 73.2 cm³/mol. The van der Waals surface area contributed by atoms with E-state index in [2.05, 4.69) is 0 Å². The lowest BCUT2D eigenvalue weighted by molar-refractivity contribution is 0.194. The summed E-state index contributed by atoms with van der Waals surface area (Å²) in [6, 6.07) is 9.22. The number of benzene rings is 1. The number of nitrogens with zero attached hydrogens (tertiary/aromatic N) is 1. The van der Waals surface area contributed by atoms with Gasteiger partial charge in [-0.15, -0.1) is 0 Å². The Labute approximate surface area is 116 Å². The van der Waals surface area contributed by atoms with Gasteiger partial charge in [-0.05, 0) is 25.1 Å². The second-order valence-electron chi connectivity index (χ2n) is 4.44. The topological polar surface area (TPSA) is 51.5 Å². The lowest BCUT2D eigenvalue weighted by atomic mass is 10.1. The Hall–Kier alpha value is -2.14. The van der Waals surface area contributed by atoms with E-state index >= 15 is 0 Å². The molecule has 0 spiro atoms. The molecule has 2 rings (SSSR count). The Morgan fingerprint density at radius 2 is 2.15 bits per heavy atom. The first-order valence-corrected chi connectivity index (χ1v) is 6.33. The first-order chi connectivity index (χ1) is 9.58. The van der Waals surface area contributed by atoms with Crippen LogP contribution in [-0.4, -0.2) is 16.3 Å². The number of aromatic nitrogens is 1. The number of pyridine rings is 1. The van der Waals surface area contributed by atoms with Gasteiger partial charge in [0, 0.05) is 23.9 Å². The first-order valence-electron chi connectivity index (χ1n) is 6.33. The minimum Gasteiger partial charge on any atom is -0.492 e. The summed E-state index contributed by atoms with van der Waals surface area (Å²) in [5.41, 5.74) is 0.128. The van der Waals surface area contributed by atoms with Crippen molar-refractivity contribution in [2.45, 2.75) is 19.6 Å². The van der Waals surface area contributed by atoms with Crippen LogP contribution in [-0.2, 0) is 6.54 Å². The number of hydrogen-bond acceptors (Lipinski definition) is 3. The molecule has 0 amide bonds. The maximum absolute atomic E-state index is 13.6. The van der Waals surface area contributed by atoms with Crippen molar-refractivity contribution in [2.75, 3.05) is 6.61 Å². The molecule has 1 N–H and O–H groups in total. The van der Waals surface area contributed by atoms with Crippen molar-refractivity contribution in [1.82, 2.24) is 4.57 Å². The molecular formula is C15H16FNO3. The van der Waals surface area contributed by atoms with Crippen LogP contribution >= 0.6 is 0 Å². The fraction of sp³-hybridized carbons (Fsp3) is 0.267. The minimum absolute atomic E-state index is 0.105. The van der Waals surface area contributed by atoms with Crippen LogP contribution in [0.4, 0.5) is 4.39 Å². The largest absolute Gasteiger partial charge is 0.492 e. The quantitative estimate of drug-likeness (QED) is 0.910. The van der Waals surface area contributed by atoms with E-state index in [1.165, 1.54) is 29.7 Å². The number of rotatable bonds is 5. The molecule has 0 unspecified atom stereocenters. The number of hydrogen-bond donors (Lipinski definition) is 1. The summed E-state index contributed by atoms with van der Waals surface area (Å²) in [5.74, 6) is -0.134. The number of ether oxygens (including phenoxy) is 1. The number of aliphatic hydroxyl groups excluding tert-OH is 1. The maximum atomic E-state index is 13.6. The molecule has 0 radical (unpaired) electrons. The Morgan fingerprint density at radius 1 is 1.35 bits per heavy atom. The van der Waals surface area contributed by atoms with Crippen molar-refractivity contribution in [3.63, 3.8) is 0 Å². The van der Waals surface area contributed by atoms with Crippen molar-refractivity contribution in [3.05, 3.63) is 64.3 Å². The summed E-state index contributed by atoms with van der Waals surface area (Å²) in [7, 11) is 0. The first kappa shape index (κ1) is 14.3. The Morgan fingerprint density at radius 3 is 2.80 bits per heavy atom. The van der Waals surface area contributed by atoms with E-state index in [0.29, 0.717) is 12.3 Å². The molecule has 1 aromatic carbocycles. The molecule has 0 saturated carbocycles. The molecule has 20 heavy (non-hydrogen) atoms. The summed E-state index contributed by atoms with van der Waals surface area (Å²) < 4.78 is 20.5. The lowest BCUT2D eigenvalue weighted by Crippen LogP contribution is -2.21. The van der Waals surface area contributed by atoms with Gasteiger partial charge in [0.25, 0.3) is 5.56 Å². The average molecular weight is 277 g/mol. The van der Waals surface area contributed by atoms with Crippen LogP contribution in [0, 0.1) is 5.82 Å². The highest BCUT2D eigenvalue weighted by atomic mass is 19.1. The van der Waals surface area contributed by atoms with Crippen molar-refractivity contribution in [3.8, 4) is 5.75 Å². The average Bonchev–Trinajstić information content (AvgIpc) is 2.40. The van der Waals surface area contributed by atoms with Gasteiger partial charge in [-0.25, -0.2) is 4.39 Å². The fourth-order valence-electron chi connectivity index (χ4n) is 1.84. The molecule has 0 aliphatic rings. The highest BCUT2D eigenvalue weighted by Gasteiger charge is 2.08. The van der Waals surface area contributed by atoms with Crippen LogP contribution in [0.15, 0.2) is 47.4 Å². The van der Waals surface area contributed by atoms with E-state index in [4.69, 9.17) is 4.74 Å². The second kappa shape index (κ2) is 6.34. The third-order valence-electron chi connectivity index (χ3n) is 2.92. The number of halogens is 1. The van der Waals surface area contributed by atoms with Crippen LogP contribution < -0.4 is 10.3 Å². The van der Waals surface area contributed by atoms with E-state index in [1.54, 1.807) is 24.4 Å². The Bertz CT molecular complexity index is 637. The molecule has 1 heterocycles. The van der Waals surface area contributed by atoms with Gasteiger partial charge in [-0.2, -0.15) is 0 Å². The smallest absolute Gasteiger partial charge is 0.250 e.